The van der Waals surface area contributed by atoms with Gasteiger partial charge < -0.3 is 5.32 Å². The molecule has 2 unspecified atom stereocenters. The summed E-state index contributed by atoms with van der Waals surface area (Å²) < 4.78 is 16.1. The summed E-state index contributed by atoms with van der Waals surface area (Å²) in [5.74, 6) is 0.796. The maximum atomic E-state index is 14.6. The number of aliphatic imine (C=N–C) groups is 1. The van der Waals surface area contributed by atoms with Gasteiger partial charge in [0, 0.05) is 6.67 Å². The smallest absolute Gasteiger partial charge is 0.269 e. The molecule has 3 N–H and O–H groups in total. The molecule has 2 aromatic carbocycles. The van der Waals surface area contributed by atoms with Crippen LogP contribution >= 0.6 is 0 Å². The van der Waals surface area contributed by atoms with Crippen molar-refractivity contribution in [2.45, 2.75) is 31.6 Å². The fraction of sp³-hybridized carbons (Fsp3) is 0.348. The third kappa shape index (κ3) is 3.48. The number of hydrogen-bond donors (Lipinski definition) is 3. The molecule has 8 nitrogen and oxygen atoms in total. The van der Waals surface area contributed by atoms with Crippen molar-refractivity contribution in [2.75, 3.05) is 20.4 Å². The lowest BCUT2D eigenvalue weighted by molar-refractivity contribution is 0.214. The Balaban J connectivity index is 1.64. The zero-order chi connectivity index (χ0) is 22.2. The number of benzene rings is 2. The Morgan fingerprint density at radius 1 is 1.19 bits per heavy atom. The SMILES string of the molecule is CC[C@H](NC1=NCN(C)C2NCNC12)c1nc2cccc(F)c2c(=O)n1-c1ccccc1. The molecule has 1 aromatic heterocycles. The summed E-state index contributed by atoms with van der Waals surface area (Å²) >= 11 is 0. The van der Waals surface area contributed by atoms with Gasteiger partial charge in [0.2, 0.25) is 0 Å². The number of likely N-dealkylation sites (N-methyl/N-ethyl adjacent to an activating group) is 1. The summed E-state index contributed by atoms with van der Waals surface area (Å²) in [6.07, 6.45) is 0.808. The minimum atomic E-state index is -0.569. The van der Waals surface area contributed by atoms with Crippen LogP contribution in [0, 0.1) is 5.82 Å². The highest BCUT2D eigenvalue weighted by Crippen LogP contribution is 2.23. The fourth-order valence-electron chi connectivity index (χ4n) is 4.46. The van der Waals surface area contributed by atoms with Crippen molar-refractivity contribution < 1.29 is 4.39 Å². The van der Waals surface area contributed by atoms with Gasteiger partial charge in [-0.05, 0) is 37.7 Å². The van der Waals surface area contributed by atoms with E-state index in [0.717, 1.165) is 5.84 Å². The molecule has 3 atom stereocenters. The zero-order valence-electron chi connectivity index (χ0n) is 18.0. The van der Waals surface area contributed by atoms with Crippen molar-refractivity contribution in [3.63, 3.8) is 0 Å². The van der Waals surface area contributed by atoms with Gasteiger partial charge in [-0.3, -0.25) is 29.9 Å². The molecule has 3 heterocycles. The van der Waals surface area contributed by atoms with Gasteiger partial charge in [0.15, 0.2) is 0 Å². The van der Waals surface area contributed by atoms with Crippen LogP contribution < -0.4 is 21.5 Å². The lowest BCUT2D eigenvalue weighted by Crippen LogP contribution is -2.58. The average molecular weight is 436 g/mol. The first kappa shape index (κ1) is 20.7. The second-order valence-electron chi connectivity index (χ2n) is 8.13. The summed E-state index contributed by atoms with van der Waals surface area (Å²) in [6.45, 7) is 3.29. The van der Waals surface area contributed by atoms with Gasteiger partial charge in [0.05, 0.1) is 36.1 Å². The third-order valence-corrected chi connectivity index (χ3v) is 6.11. The Hall–Kier alpha value is -3.14. The van der Waals surface area contributed by atoms with Gasteiger partial charge >= 0.3 is 0 Å². The normalized spacial score (nSPS) is 21.9. The Morgan fingerprint density at radius 2 is 2.00 bits per heavy atom. The minimum absolute atomic E-state index is 0.00619. The number of rotatable bonds is 4. The zero-order valence-corrected chi connectivity index (χ0v) is 18.0. The van der Waals surface area contributed by atoms with Crippen molar-refractivity contribution in [3.05, 3.63) is 70.5 Å². The number of aromatic nitrogens is 2. The van der Waals surface area contributed by atoms with E-state index >= 15 is 0 Å². The number of amidine groups is 1. The second-order valence-corrected chi connectivity index (χ2v) is 8.13. The van der Waals surface area contributed by atoms with Crippen molar-refractivity contribution >= 4 is 16.7 Å². The van der Waals surface area contributed by atoms with Gasteiger partial charge in [0.25, 0.3) is 5.56 Å². The maximum Gasteiger partial charge on any atom is 0.269 e. The predicted octanol–water partition coefficient (Wildman–Crippen LogP) is 1.71. The molecule has 166 valence electrons. The van der Waals surface area contributed by atoms with Crippen molar-refractivity contribution in [2.24, 2.45) is 4.99 Å². The molecule has 3 aromatic rings. The van der Waals surface area contributed by atoms with E-state index in [1.54, 1.807) is 12.1 Å². The standard InChI is InChI=1S/C23H26FN7O/c1-3-16(28-20-19-22(26-12-25-19)30(2)13-27-20)21-29-17-11-7-10-15(24)18(17)23(32)31(21)14-8-5-4-6-9-14/h4-11,16,19,22,25-26H,3,12-13H2,1-2H3,(H,27,28)/t16-,19?,22?/m0/s1. The van der Waals surface area contributed by atoms with Crippen LogP contribution in [-0.4, -0.2) is 52.9 Å². The van der Waals surface area contributed by atoms with E-state index in [0.29, 0.717) is 36.8 Å². The van der Waals surface area contributed by atoms with Crippen molar-refractivity contribution in [1.29, 1.82) is 0 Å². The van der Waals surface area contributed by atoms with Crippen LogP contribution in [0.2, 0.25) is 0 Å². The molecule has 32 heavy (non-hydrogen) atoms. The molecule has 2 aliphatic heterocycles. The van der Waals surface area contributed by atoms with Crippen LogP contribution in [0.4, 0.5) is 4.39 Å². The molecule has 0 spiro atoms. The highest BCUT2D eigenvalue weighted by Gasteiger charge is 2.37. The molecule has 9 heteroatoms. The van der Waals surface area contributed by atoms with Crippen LogP contribution in [-0.2, 0) is 0 Å². The van der Waals surface area contributed by atoms with Crippen molar-refractivity contribution in [1.82, 2.24) is 30.4 Å². The van der Waals surface area contributed by atoms with Gasteiger partial charge in [-0.15, -0.1) is 0 Å². The number of halogens is 1. The van der Waals surface area contributed by atoms with Gasteiger partial charge in [-0.1, -0.05) is 31.2 Å². The van der Waals surface area contributed by atoms with E-state index in [2.05, 4.69) is 20.9 Å². The molecule has 1 saturated heterocycles. The van der Waals surface area contributed by atoms with Crippen molar-refractivity contribution in [3.8, 4) is 5.69 Å². The first-order valence-corrected chi connectivity index (χ1v) is 10.8. The first-order valence-electron chi connectivity index (χ1n) is 10.8. The van der Waals surface area contributed by atoms with E-state index in [1.165, 1.54) is 10.6 Å². The number of hydrogen-bond acceptors (Lipinski definition) is 7. The molecular formula is C23H26FN7O. The molecule has 2 aliphatic rings. The van der Waals surface area contributed by atoms with Gasteiger partial charge in [-0.25, -0.2) is 9.37 Å². The molecule has 0 aliphatic carbocycles. The van der Waals surface area contributed by atoms with E-state index in [4.69, 9.17) is 9.98 Å². The largest absolute Gasteiger partial charge is 0.362 e. The molecule has 0 amide bonds. The molecule has 5 rings (SSSR count). The Kier molecular flexibility index (Phi) is 5.46. The maximum absolute atomic E-state index is 14.6. The van der Waals surface area contributed by atoms with Gasteiger partial charge in [0.1, 0.15) is 22.9 Å². The first-order chi connectivity index (χ1) is 15.6. The van der Waals surface area contributed by atoms with Crippen LogP contribution in [0.15, 0.2) is 58.3 Å². The lowest BCUT2D eigenvalue weighted by Gasteiger charge is -2.35. The van der Waals surface area contributed by atoms with Crippen LogP contribution in [0.1, 0.15) is 25.2 Å². The molecule has 1 fully saturated rings. The number of para-hydroxylation sites is 1. The number of nitrogens with zero attached hydrogens (tertiary/aromatic N) is 4. The van der Waals surface area contributed by atoms with Crippen LogP contribution in [0.3, 0.4) is 0 Å². The topological polar surface area (TPSA) is 86.6 Å². The van der Waals surface area contributed by atoms with E-state index in [1.807, 2.05) is 44.3 Å². The summed E-state index contributed by atoms with van der Waals surface area (Å²) in [4.78, 5) is 25.1. The Bertz CT molecular complexity index is 1230. The average Bonchev–Trinajstić information content (AvgIpc) is 3.30. The highest BCUT2D eigenvalue weighted by atomic mass is 19.1. The molecular weight excluding hydrogens is 409 g/mol. The summed E-state index contributed by atoms with van der Waals surface area (Å²) in [6, 6.07) is 13.5. The van der Waals surface area contributed by atoms with E-state index in [-0.39, 0.29) is 23.6 Å². The third-order valence-electron chi connectivity index (χ3n) is 6.11. The summed E-state index contributed by atoms with van der Waals surface area (Å²) in [5.41, 5.74) is 0.578. The van der Waals surface area contributed by atoms with Gasteiger partial charge in [-0.2, -0.15) is 0 Å². The fourth-order valence-corrected chi connectivity index (χ4v) is 4.46. The molecule has 0 saturated carbocycles. The quantitative estimate of drug-likeness (QED) is 0.579. The number of nitrogens with one attached hydrogen (secondary N) is 3. The highest BCUT2D eigenvalue weighted by molar-refractivity contribution is 5.89. The molecule has 0 radical (unpaired) electrons. The summed E-state index contributed by atoms with van der Waals surface area (Å²) in [7, 11) is 2.03. The van der Waals surface area contributed by atoms with E-state index in [9.17, 15) is 9.18 Å². The monoisotopic (exact) mass is 435 g/mol. The van der Waals surface area contributed by atoms with E-state index < -0.39 is 11.4 Å². The second kappa shape index (κ2) is 8.42. The predicted molar refractivity (Wildman–Crippen MR) is 122 cm³/mol. The molecule has 0 bridgehead atoms. The Labute approximate surface area is 185 Å². The Morgan fingerprint density at radius 3 is 2.78 bits per heavy atom. The summed E-state index contributed by atoms with van der Waals surface area (Å²) in [5, 5.41) is 10.4. The van der Waals surface area contributed by atoms with Crippen LogP contribution in [0.25, 0.3) is 16.6 Å². The lowest BCUT2D eigenvalue weighted by atomic mass is 10.1. The minimum Gasteiger partial charge on any atom is -0.362 e. The van der Waals surface area contributed by atoms with Crippen LogP contribution in [0.5, 0.6) is 0 Å². The number of fused-ring (bicyclic) bond motifs is 2.